The van der Waals surface area contributed by atoms with Crippen molar-refractivity contribution in [2.75, 3.05) is 44.2 Å². The molecule has 39 heavy (non-hydrogen) atoms. The fourth-order valence-electron chi connectivity index (χ4n) is 6.95. The molecule has 0 unspecified atom stereocenters. The Morgan fingerprint density at radius 2 is 1.79 bits per heavy atom. The Kier molecular flexibility index (Phi) is 5.42. The van der Waals surface area contributed by atoms with Crippen LogP contribution >= 0.6 is 11.3 Å². The molecule has 200 valence electrons. The number of anilines is 2. The average molecular weight is 544 g/mol. The topological polar surface area (TPSA) is 113 Å². The predicted molar refractivity (Wildman–Crippen MR) is 149 cm³/mol. The second kappa shape index (κ2) is 8.78. The number of rotatable bonds is 4. The summed E-state index contributed by atoms with van der Waals surface area (Å²) in [5.74, 6) is 2.24. The number of ketones is 1. The molecular weight excluding hydrogens is 514 g/mol. The van der Waals surface area contributed by atoms with E-state index in [2.05, 4.69) is 15.9 Å². The van der Waals surface area contributed by atoms with Crippen LogP contribution in [0, 0.1) is 11.3 Å². The van der Waals surface area contributed by atoms with Crippen LogP contribution in [0.1, 0.15) is 60.6 Å². The van der Waals surface area contributed by atoms with E-state index in [4.69, 9.17) is 24.9 Å². The smallest absolute Gasteiger partial charge is 0.203 e. The number of hydrogen-bond donors (Lipinski definition) is 1. The highest BCUT2D eigenvalue weighted by Gasteiger charge is 2.47. The van der Waals surface area contributed by atoms with Crippen LogP contribution in [0.3, 0.4) is 0 Å². The van der Waals surface area contributed by atoms with Gasteiger partial charge in [0.2, 0.25) is 5.75 Å². The zero-order chi connectivity index (χ0) is 27.0. The lowest BCUT2D eigenvalue weighted by molar-refractivity contribution is -0.116. The van der Waals surface area contributed by atoms with Gasteiger partial charge in [0.15, 0.2) is 23.1 Å². The van der Waals surface area contributed by atoms with Crippen molar-refractivity contribution in [3.05, 3.63) is 51.5 Å². The number of ether oxygens (including phenoxy) is 3. The summed E-state index contributed by atoms with van der Waals surface area (Å²) in [6.45, 7) is 2.10. The maximum absolute atomic E-state index is 13.7. The fourth-order valence-corrected chi connectivity index (χ4v) is 8.43. The van der Waals surface area contributed by atoms with Crippen LogP contribution in [0.4, 0.5) is 10.0 Å². The lowest BCUT2D eigenvalue weighted by atomic mass is 9.75. The number of allylic oxidation sites excluding steroid dienone is 3. The number of methoxy groups -OCH3 is 3. The number of Topliss-reactive ketones (excluding diaryl/α,β-unsaturated/α-hetero) is 1. The standard InChI is InChI=1S/C29H29N5O4S/c1-36-19-11-15(12-20(37-2)25(19)38-3)21-16(13-30)27-32-26(31)24-22-14-7-9-33(10-8-14)28(22)39-29(24)34(27)17-5-4-6-18(35)23(17)21/h11-12,14,21H,4-10H2,1-3H3,(H2,31,32)/t21-/m0/s1. The van der Waals surface area contributed by atoms with Crippen molar-refractivity contribution in [3.8, 4) is 23.3 Å². The van der Waals surface area contributed by atoms with Crippen molar-refractivity contribution in [1.82, 2.24) is 0 Å². The largest absolute Gasteiger partial charge is 0.493 e. The molecule has 2 aromatic rings. The van der Waals surface area contributed by atoms with Gasteiger partial charge in [0, 0.05) is 36.3 Å². The molecule has 1 fully saturated rings. The Balaban J connectivity index is 1.49. The maximum atomic E-state index is 13.7. The minimum Gasteiger partial charge on any atom is -0.493 e. The molecule has 2 N–H and O–H groups in total. The fraction of sp³-hybridized carbons (Fsp3) is 0.414. The van der Waals surface area contributed by atoms with Gasteiger partial charge in [0.25, 0.3) is 0 Å². The Labute approximate surface area is 230 Å². The van der Waals surface area contributed by atoms with Gasteiger partial charge in [0.05, 0.1) is 49.5 Å². The zero-order valence-electron chi connectivity index (χ0n) is 22.2. The van der Waals surface area contributed by atoms with Gasteiger partial charge in [-0.25, -0.2) is 4.99 Å². The number of thiophene rings is 1. The van der Waals surface area contributed by atoms with E-state index in [1.54, 1.807) is 32.7 Å². The van der Waals surface area contributed by atoms with Crippen LogP contribution in [0.25, 0.3) is 0 Å². The molecule has 9 nitrogen and oxygen atoms in total. The molecular formula is C29H29N5O4S. The number of benzene rings is 1. The summed E-state index contributed by atoms with van der Waals surface area (Å²) in [5.41, 5.74) is 11.7. The Morgan fingerprint density at radius 1 is 1.08 bits per heavy atom. The Morgan fingerprint density at radius 3 is 2.44 bits per heavy atom. The van der Waals surface area contributed by atoms with E-state index in [1.165, 1.54) is 10.6 Å². The summed E-state index contributed by atoms with van der Waals surface area (Å²) in [7, 11) is 4.66. The molecule has 10 heteroatoms. The summed E-state index contributed by atoms with van der Waals surface area (Å²) in [4.78, 5) is 23.1. The summed E-state index contributed by atoms with van der Waals surface area (Å²) < 4.78 is 16.8. The second-order valence-electron chi connectivity index (χ2n) is 10.5. The first kappa shape index (κ1) is 24.1. The molecule has 0 amide bonds. The van der Waals surface area contributed by atoms with Gasteiger partial charge in [-0.3, -0.25) is 9.69 Å². The van der Waals surface area contributed by atoms with Crippen LogP contribution in [0.15, 0.2) is 39.8 Å². The molecule has 1 aliphatic carbocycles. The number of fused-ring (bicyclic) bond motifs is 6. The summed E-state index contributed by atoms with van der Waals surface area (Å²) in [5, 5.41) is 12.9. The van der Waals surface area contributed by atoms with Crippen molar-refractivity contribution in [1.29, 1.82) is 5.26 Å². The summed E-state index contributed by atoms with van der Waals surface area (Å²) in [6, 6.07) is 6.07. The van der Waals surface area contributed by atoms with E-state index in [9.17, 15) is 10.1 Å². The van der Waals surface area contributed by atoms with Gasteiger partial charge in [-0.05, 0) is 49.3 Å². The number of nitrogens with zero attached hydrogens (tertiary/aromatic N) is 4. The third-order valence-corrected chi connectivity index (χ3v) is 9.90. The quantitative estimate of drug-likeness (QED) is 0.598. The van der Waals surface area contributed by atoms with Gasteiger partial charge in [-0.15, -0.1) is 0 Å². The van der Waals surface area contributed by atoms with Gasteiger partial charge >= 0.3 is 0 Å². The number of nitriles is 1. The molecule has 0 spiro atoms. The van der Waals surface area contributed by atoms with Gasteiger partial charge in [-0.2, -0.15) is 5.26 Å². The number of carbonyl (C=O) groups is 1. The summed E-state index contributed by atoms with van der Waals surface area (Å²) >= 11 is 1.72. The monoisotopic (exact) mass is 543 g/mol. The molecule has 6 aliphatic rings. The minimum atomic E-state index is -0.620. The van der Waals surface area contributed by atoms with E-state index < -0.39 is 5.92 Å². The molecule has 1 saturated heterocycles. The van der Waals surface area contributed by atoms with Crippen molar-refractivity contribution in [3.63, 3.8) is 0 Å². The highest BCUT2D eigenvalue weighted by Crippen LogP contribution is 2.58. The lowest BCUT2D eigenvalue weighted by Crippen LogP contribution is -2.40. The van der Waals surface area contributed by atoms with Crippen LogP contribution in [0.2, 0.25) is 0 Å². The highest BCUT2D eigenvalue weighted by molar-refractivity contribution is 7.21. The van der Waals surface area contributed by atoms with E-state index in [-0.39, 0.29) is 5.78 Å². The molecule has 0 radical (unpaired) electrons. The van der Waals surface area contributed by atoms with E-state index in [1.807, 2.05) is 12.1 Å². The van der Waals surface area contributed by atoms with Crippen molar-refractivity contribution in [2.24, 2.45) is 10.7 Å². The Hall–Kier alpha value is -3.97. The number of aliphatic imine (C=N–C) groups is 1. The Bertz CT molecular complexity index is 1550. The first-order valence-corrected chi connectivity index (χ1v) is 14.1. The van der Waals surface area contributed by atoms with Gasteiger partial charge < -0.3 is 24.8 Å². The molecule has 1 aromatic heterocycles. The van der Waals surface area contributed by atoms with Gasteiger partial charge in [-0.1, -0.05) is 11.3 Å². The SMILES string of the molecule is COc1cc([C@H]2C(C#N)=C3N=C(N)c4c(sc5c4C4CCN5CC4)N3C3=C2C(=O)CCC3)cc(OC)c1OC. The van der Waals surface area contributed by atoms with Crippen molar-refractivity contribution < 1.29 is 19.0 Å². The molecule has 8 rings (SSSR count). The average Bonchev–Trinajstić information content (AvgIpc) is 3.40. The number of piperidine rings is 1. The van der Waals surface area contributed by atoms with E-state index >= 15 is 0 Å². The number of hydrogen-bond acceptors (Lipinski definition) is 10. The zero-order valence-corrected chi connectivity index (χ0v) is 23.0. The minimum absolute atomic E-state index is 0.0519. The number of amidine groups is 1. The first-order valence-electron chi connectivity index (χ1n) is 13.3. The normalized spacial score (nSPS) is 21.6. The van der Waals surface area contributed by atoms with Crippen LogP contribution in [-0.2, 0) is 4.79 Å². The maximum Gasteiger partial charge on any atom is 0.203 e. The van der Waals surface area contributed by atoms with Crippen LogP contribution < -0.4 is 29.7 Å². The van der Waals surface area contributed by atoms with Crippen LogP contribution in [-0.4, -0.2) is 46.0 Å². The highest BCUT2D eigenvalue weighted by atomic mass is 32.1. The molecule has 2 bridgehead atoms. The second-order valence-corrected chi connectivity index (χ2v) is 11.5. The number of nitrogens with two attached hydrogens (primary N) is 1. The molecule has 1 atom stereocenters. The van der Waals surface area contributed by atoms with E-state index in [0.29, 0.717) is 58.0 Å². The van der Waals surface area contributed by atoms with E-state index in [0.717, 1.165) is 55.0 Å². The molecule has 5 aliphatic heterocycles. The van der Waals surface area contributed by atoms with Crippen molar-refractivity contribution >= 4 is 33.0 Å². The van der Waals surface area contributed by atoms with Crippen molar-refractivity contribution in [2.45, 2.75) is 43.9 Å². The lowest BCUT2D eigenvalue weighted by Gasteiger charge is -2.41. The molecule has 1 aromatic carbocycles. The molecule has 6 heterocycles. The summed E-state index contributed by atoms with van der Waals surface area (Å²) in [6.07, 6.45) is 4.14. The van der Waals surface area contributed by atoms with Crippen LogP contribution in [0.5, 0.6) is 17.2 Å². The van der Waals surface area contributed by atoms with Gasteiger partial charge in [0.1, 0.15) is 10.8 Å². The first-order chi connectivity index (χ1) is 19.0. The number of carbonyl (C=O) groups excluding carboxylic acids is 1. The third-order valence-electron chi connectivity index (χ3n) is 8.65. The molecule has 0 saturated carbocycles. The predicted octanol–water partition coefficient (Wildman–Crippen LogP) is 4.54. The third kappa shape index (κ3) is 3.23.